The first-order chi connectivity index (χ1) is 16.9. The molecule has 3 aromatic carbocycles. The molecule has 0 saturated carbocycles. The van der Waals surface area contributed by atoms with Crippen LogP contribution in [0.2, 0.25) is 0 Å². The van der Waals surface area contributed by atoms with Crippen LogP contribution in [0.4, 0.5) is 5.69 Å². The van der Waals surface area contributed by atoms with Gasteiger partial charge in [-0.3, -0.25) is 9.59 Å². The van der Waals surface area contributed by atoms with Crippen LogP contribution >= 0.6 is 0 Å². The molecule has 0 unspecified atom stereocenters. The maximum absolute atomic E-state index is 12.4. The van der Waals surface area contributed by atoms with Gasteiger partial charge in [-0.2, -0.15) is 5.10 Å². The first kappa shape index (κ1) is 25.0. The molecule has 0 aliphatic heterocycles. The van der Waals surface area contributed by atoms with Crippen LogP contribution in [-0.2, 0) is 9.59 Å². The van der Waals surface area contributed by atoms with Crippen molar-refractivity contribution in [1.82, 2.24) is 5.43 Å². The molecular formula is C26H25N3O6. The van der Waals surface area contributed by atoms with Gasteiger partial charge < -0.3 is 19.5 Å². The van der Waals surface area contributed by atoms with E-state index in [-0.39, 0.29) is 5.75 Å². The molecule has 35 heavy (non-hydrogen) atoms. The number of nitrogens with zero attached hydrogens (tertiary/aromatic N) is 1. The van der Waals surface area contributed by atoms with E-state index in [1.165, 1.54) is 13.3 Å². The predicted octanol–water partition coefficient (Wildman–Crippen LogP) is 3.71. The lowest BCUT2D eigenvalue weighted by atomic mass is 10.1. The summed E-state index contributed by atoms with van der Waals surface area (Å²) in [5.41, 5.74) is 4.59. The Hall–Kier alpha value is -4.66. The quantitative estimate of drug-likeness (QED) is 0.169. The third-order valence-electron chi connectivity index (χ3n) is 4.69. The molecule has 180 valence electrons. The minimum atomic E-state index is -0.939. The molecule has 0 aromatic heterocycles. The highest BCUT2D eigenvalue weighted by Gasteiger charge is 2.14. The van der Waals surface area contributed by atoms with Gasteiger partial charge in [0.1, 0.15) is 5.75 Å². The number of aryl methyl sites for hydroxylation is 1. The van der Waals surface area contributed by atoms with Gasteiger partial charge in [-0.05, 0) is 74.0 Å². The first-order valence-electron chi connectivity index (χ1n) is 10.7. The van der Waals surface area contributed by atoms with Crippen molar-refractivity contribution >= 4 is 29.7 Å². The minimum Gasteiger partial charge on any atom is -0.494 e. The second-order valence-electron chi connectivity index (χ2n) is 7.28. The summed E-state index contributed by atoms with van der Waals surface area (Å²) < 4.78 is 16.1. The highest BCUT2D eigenvalue weighted by atomic mass is 16.6. The highest BCUT2D eigenvalue weighted by Crippen LogP contribution is 2.28. The van der Waals surface area contributed by atoms with Crippen molar-refractivity contribution in [1.29, 1.82) is 0 Å². The average molecular weight is 476 g/mol. The van der Waals surface area contributed by atoms with Crippen LogP contribution in [0.1, 0.15) is 28.4 Å². The lowest BCUT2D eigenvalue weighted by Gasteiger charge is -2.10. The largest absolute Gasteiger partial charge is 0.494 e. The molecule has 0 aliphatic rings. The molecule has 0 radical (unpaired) electrons. The smallest absolute Gasteiger partial charge is 0.343 e. The number of benzene rings is 3. The Morgan fingerprint density at radius 1 is 0.914 bits per heavy atom. The van der Waals surface area contributed by atoms with Crippen molar-refractivity contribution in [2.75, 3.05) is 19.0 Å². The molecule has 0 spiro atoms. The minimum absolute atomic E-state index is 0.231. The molecule has 0 aliphatic carbocycles. The van der Waals surface area contributed by atoms with E-state index >= 15 is 0 Å². The summed E-state index contributed by atoms with van der Waals surface area (Å²) in [6.07, 6.45) is 1.33. The maximum atomic E-state index is 12.4. The number of hydrogen-bond acceptors (Lipinski definition) is 7. The van der Waals surface area contributed by atoms with Crippen LogP contribution in [0.25, 0.3) is 0 Å². The second-order valence-corrected chi connectivity index (χ2v) is 7.28. The second kappa shape index (κ2) is 12.0. The zero-order valence-corrected chi connectivity index (χ0v) is 19.5. The van der Waals surface area contributed by atoms with E-state index in [1.807, 2.05) is 26.0 Å². The summed E-state index contributed by atoms with van der Waals surface area (Å²) in [6.45, 7) is 4.32. The van der Waals surface area contributed by atoms with Crippen LogP contribution in [0.3, 0.4) is 0 Å². The lowest BCUT2D eigenvalue weighted by Crippen LogP contribution is -2.32. The fraction of sp³-hybridized carbons (Fsp3) is 0.154. The van der Waals surface area contributed by atoms with Gasteiger partial charge in [-0.1, -0.05) is 17.7 Å². The number of methoxy groups -OCH3 is 1. The van der Waals surface area contributed by atoms with Gasteiger partial charge in [0.25, 0.3) is 0 Å². The molecule has 2 amide bonds. The summed E-state index contributed by atoms with van der Waals surface area (Å²) in [6, 6.07) is 18.4. The van der Waals surface area contributed by atoms with E-state index in [1.54, 1.807) is 54.6 Å². The molecule has 0 heterocycles. The molecule has 3 rings (SSSR count). The van der Waals surface area contributed by atoms with E-state index < -0.39 is 17.8 Å². The van der Waals surface area contributed by atoms with E-state index in [0.717, 1.165) is 5.56 Å². The van der Waals surface area contributed by atoms with Crippen molar-refractivity contribution in [3.05, 3.63) is 83.4 Å². The van der Waals surface area contributed by atoms with Crippen LogP contribution in [0.15, 0.2) is 71.8 Å². The van der Waals surface area contributed by atoms with Crippen molar-refractivity contribution in [3.63, 3.8) is 0 Å². The maximum Gasteiger partial charge on any atom is 0.343 e. The fourth-order valence-corrected chi connectivity index (χ4v) is 2.90. The SMILES string of the molecule is CCOc1ccc(NC(=O)C(=O)N/N=C/c2ccc(OC(=O)c3ccc(C)cc3)c(OC)c2)cc1. The van der Waals surface area contributed by atoms with Crippen LogP contribution < -0.4 is 25.0 Å². The van der Waals surface area contributed by atoms with Gasteiger partial charge in [0.15, 0.2) is 11.5 Å². The zero-order chi connectivity index (χ0) is 25.2. The average Bonchev–Trinajstić information content (AvgIpc) is 2.86. The molecule has 0 bridgehead atoms. The number of amides is 2. The number of carbonyl (C=O) groups excluding carboxylic acids is 3. The van der Waals surface area contributed by atoms with E-state index in [9.17, 15) is 14.4 Å². The van der Waals surface area contributed by atoms with Gasteiger partial charge in [-0.25, -0.2) is 10.2 Å². The number of hydrazone groups is 1. The standard InChI is InChI=1S/C26H25N3O6/c1-4-34-21-12-10-20(11-13-21)28-24(30)25(31)29-27-16-18-7-14-22(23(15-18)33-3)35-26(32)19-8-5-17(2)6-9-19/h5-16H,4H2,1-3H3,(H,28,30)(H,29,31)/b27-16+. The van der Waals surface area contributed by atoms with Crippen LogP contribution in [-0.4, -0.2) is 37.7 Å². The Bertz CT molecular complexity index is 1220. The molecule has 9 heteroatoms. The van der Waals surface area contributed by atoms with E-state index in [4.69, 9.17) is 14.2 Å². The first-order valence-corrected chi connectivity index (χ1v) is 10.7. The van der Waals surface area contributed by atoms with Crippen LogP contribution in [0.5, 0.6) is 17.2 Å². The Kier molecular flexibility index (Phi) is 8.55. The van der Waals surface area contributed by atoms with Crippen molar-refractivity contribution in [2.24, 2.45) is 5.10 Å². The Morgan fingerprint density at radius 2 is 1.63 bits per heavy atom. The number of carbonyl (C=O) groups is 3. The summed E-state index contributed by atoms with van der Waals surface area (Å²) in [7, 11) is 1.44. The van der Waals surface area contributed by atoms with Gasteiger partial charge in [0, 0.05) is 5.69 Å². The number of esters is 1. The number of rotatable bonds is 8. The number of nitrogens with one attached hydrogen (secondary N) is 2. The molecule has 9 nitrogen and oxygen atoms in total. The Balaban J connectivity index is 1.57. The number of hydrogen-bond donors (Lipinski definition) is 2. The van der Waals surface area contributed by atoms with E-state index in [2.05, 4.69) is 15.8 Å². The van der Waals surface area contributed by atoms with Crippen LogP contribution in [0, 0.1) is 6.92 Å². The van der Waals surface area contributed by atoms with E-state index in [0.29, 0.717) is 34.9 Å². The van der Waals surface area contributed by atoms with Gasteiger partial charge >= 0.3 is 17.8 Å². The summed E-state index contributed by atoms with van der Waals surface area (Å²) in [5.74, 6) is -1.14. The topological polar surface area (TPSA) is 115 Å². The summed E-state index contributed by atoms with van der Waals surface area (Å²) in [4.78, 5) is 36.4. The molecule has 2 N–H and O–H groups in total. The zero-order valence-electron chi connectivity index (χ0n) is 19.5. The van der Waals surface area contributed by atoms with Crippen molar-refractivity contribution in [2.45, 2.75) is 13.8 Å². The van der Waals surface area contributed by atoms with Crippen molar-refractivity contribution in [3.8, 4) is 17.2 Å². The molecular weight excluding hydrogens is 450 g/mol. The molecule has 0 fully saturated rings. The third-order valence-corrected chi connectivity index (χ3v) is 4.69. The third kappa shape index (κ3) is 7.16. The summed E-state index contributed by atoms with van der Waals surface area (Å²) in [5, 5.41) is 6.27. The fourth-order valence-electron chi connectivity index (χ4n) is 2.90. The normalized spacial score (nSPS) is 10.5. The molecule has 0 atom stereocenters. The monoisotopic (exact) mass is 475 g/mol. The predicted molar refractivity (Wildman–Crippen MR) is 131 cm³/mol. The Labute approximate surface area is 202 Å². The Morgan fingerprint density at radius 3 is 2.29 bits per heavy atom. The lowest BCUT2D eigenvalue weighted by molar-refractivity contribution is -0.136. The van der Waals surface area contributed by atoms with Gasteiger partial charge in [0.2, 0.25) is 0 Å². The number of anilines is 1. The number of ether oxygens (including phenoxy) is 3. The van der Waals surface area contributed by atoms with Gasteiger partial charge in [0.05, 0.1) is 25.5 Å². The van der Waals surface area contributed by atoms with Crippen molar-refractivity contribution < 1.29 is 28.6 Å². The highest BCUT2D eigenvalue weighted by molar-refractivity contribution is 6.39. The molecule has 0 saturated heterocycles. The molecule has 3 aromatic rings. The van der Waals surface area contributed by atoms with Gasteiger partial charge in [-0.15, -0.1) is 0 Å². The summed E-state index contributed by atoms with van der Waals surface area (Å²) >= 11 is 0.